The van der Waals surface area contributed by atoms with Gasteiger partial charge in [-0.3, -0.25) is 9.59 Å². The molecule has 1 aliphatic rings. The minimum absolute atomic E-state index is 0.0335. The van der Waals surface area contributed by atoms with Gasteiger partial charge in [-0.2, -0.15) is 0 Å². The summed E-state index contributed by atoms with van der Waals surface area (Å²) in [6.45, 7) is 11.8. The number of Topliss-reactive ketones (excluding diaryl/α,β-unsaturated/α-hetero) is 1. The molecule has 0 aliphatic carbocycles. The number of allylic oxidation sites excluding steroid dienone is 2. The molecular weight excluding hydrogens is 594 g/mol. The van der Waals surface area contributed by atoms with Crippen LogP contribution in [0.5, 0.6) is 0 Å². The quantitative estimate of drug-likeness (QED) is 0.182. The van der Waals surface area contributed by atoms with Crippen molar-refractivity contribution in [3.8, 4) is 0 Å². The zero-order chi connectivity index (χ0) is 29.8. The zero-order valence-electron chi connectivity index (χ0n) is 22.1. The van der Waals surface area contributed by atoms with Gasteiger partial charge in [-0.05, 0) is 38.1 Å². The molecule has 1 heterocycles. The molecule has 12 heteroatoms. The second kappa shape index (κ2) is 16.5. The van der Waals surface area contributed by atoms with E-state index in [9.17, 15) is 23.1 Å². The van der Waals surface area contributed by atoms with Gasteiger partial charge in [-0.15, -0.1) is 23.2 Å². The van der Waals surface area contributed by atoms with E-state index in [1.54, 1.807) is 0 Å². The number of hydrogen-bond donors (Lipinski definition) is 3. The molecule has 0 aromatic heterocycles. The number of anilines is 1. The Morgan fingerprint density at radius 1 is 0.974 bits per heavy atom. The average molecular weight is 628 g/mol. The number of halogens is 4. The summed E-state index contributed by atoms with van der Waals surface area (Å²) in [5, 5.41) is 18.7. The van der Waals surface area contributed by atoms with Crippen LogP contribution >= 0.6 is 46.4 Å². The second-order valence-corrected chi connectivity index (χ2v) is 11.3. The number of aliphatic hydroxyl groups is 1. The molecule has 0 spiro atoms. The molecule has 0 bridgehead atoms. The van der Waals surface area contributed by atoms with Gasteiger partial charge >= 0.3 is 0 Å². The van der Waals surface area contributed by atoms with Gasteiger partial charge in [-0.25, -0.2) is 13.6 Å². The minimum Gasteiger partial charge on any atom is -0.375 e. The maximum atomic E-state index is 12.5. The van der Waals surface area contributed by atoms with Crippen LogP contribution in [0.3, 0.4) is 0 Å². The van der Waals surface area contributed by atoms with Crippen LogP contribution in [0.2, 0.25) is 10.0 Å². The van der Waals surface area contributed by atoms with Gasteiger partial charge in [0, 0.05) is 26.9 Å². The molecule has 1 amide bonds. The molecule has 212 valence electrons. The smallest absolute Gasteiger partial charge is 0.261 e. The summed E-state index contributed by atoms with van der Waals surface area (Å²) in [7, 11) is -3.90. The molecule has 3 rings (SSSR count). The lowest BCUT2D eigenvalue weighted by molar-refractivity contribution is -0.133. The van der Waals surface area contributed by atoms with E-state index in [-0.39, 0.29) is 42.5 Å². The molecule has 0 saturated carbocycles. The standard InChI is InChI=1S/C16H12Cl2N2O5S.C6H10Cl2.2C2H6/c17-10-5-6-11(18)14-13(10)16(23,15(22)20-14)7-12(21)8-1-3-9(4-2-8)26(19,24)25;1-5(7)3-4-6(2)8;2*1-2/h1-6,23H,7H2,(H,20,22)(H2,19,24,25);3-6H,1-2H3;2*1-2H3/b;4-3-;;/t16-;;;/m1.../s1. The van der Waals surface area contributed by atoms with Crippen LogP contribution in [0, 0.1) is 0 Å². The fourth-order valence-electron chi connectivity index (χ4n) is 3.05. The molecule has 2 unspecified atom stereocenters. The Hall–Kier alpha value is -1.65. The first kappa shape index (κ1) is 36.4. The third kappa shape index (κ3) is 10.2. The molecule has 1 aliphatic heterocycles. The predicted molar refractivity (Wildman–Crippen MR) is 158 cm³/mol. The first-order valence-corrected chi connectivity index (χ1v) is 15.0. The van der Waals surface area contributed by atoms with Crippen molar-refractivity contribution >= 4 is 73.8 Å². The van der Waals surface area contributed by atoms with Gasteiger partial charge in [0.1, 0.15) is 0 Å². The first-order valence-electron chi connectivity index (χ1n) is 11.8. The van der Waals surface area contributed by atoms with E-state index in [0.717, 1.165) is 0 Å². The largest absolute Gasteiger partial charge is 0.375 e. The number of carbonyl (C=O) groups is 2. The molecule has 0 fully saturated rings. The first-order chi connectivity index (χ1) is 17.7. The lowest BCUT2D eigenvalue weighted by Gasteiger charge is -2.21. The van der Waals surface area contributed by atoms with Crippen molar-refractivity contribution in [2.45, 2.75) is 69.2 Å². The number of primary sulfonamides is 1. The summed E-state index contributed by atoms with van der Waals surface area (Å²) in [5.41, 5.74) is -1.90. The van der Waals surface area contributed by atoms with Crippen LogP contribution in [-0.2, 0) is 20.4 Å². The Kier molecular flexibility index (Phi) is 15.7. The molecule has 0 radical (unpaired) electrons. The molecule has 38 heavy (non-hydrogen) atoms. The lowest BCUT2D eigenvalue weighted by atomic mass is 9.88. The number of hydrogen-bond acceptors (Lipinski definition) is 5. The van der Waals surface area contributed by atoms with E-state index in [4.69, 9.17) is 51.5 Å². The Morgan fingerprint density at radius 2 is 1.42 bits per heavy atom. The number of sulfonamides is 1. The van der Waals surface area contributed by atoms with E-state index in [2.05, 4.69) is 5.32 Å². The topological polar surface area (TPSA) is 127 Å². The van der Waals surface area contributed by atoms with E-state index >= 15 is 0 Å². The summed E-state index contributed by atoms with van der Waals surface area (Å²) in [6.07, 6.45) is 3.15. The molecule has 4 N–H and O–H groups in total. The van der Waals surface area contributed by atoms with E-state index in [1.807, 2.05) is 53.7 Å². The number of nitrogens with one attached hydrogen (secondary N) is 1. The monoisotopic (exact) mass is 626 g/mol. The second-order valence-electron chi connectivity index (χ2n) is 7.50. The number of ketones is 1. The fraction of sp³-hybridized carbons (Fsp3) is 0.385. The average Bonchev–Trinajstić information content (AvgIpc) is 3.13. The number of fused-ring (bicyclic) bond motifs is 1. The van der Waals surface area contributed by atoms with Crippen LogP contribution < -0.4 is 10.5 Å². The summed E-state index contributed by atoms with van der Waals surface area (Å²) in [5.74, 6) is -1.41. The van der Waals surface area contributed by atoms with Crippen molar-refractivity contribution in [1.29, 1.82) is 0 Å². The number of alkyl halides is 2. The Balaban J connectivity index is 0.000000970. The number of nitrogens with two attached hydrogens (primary N) is 1. The van der Waals surface area contributed by atoms with Gasteiger partial charge in [-0.1, -0.05) is 75.2 Å². The highest BCUT2D eigenvalue weighted by molar-refractivity contribution is 7.89. The molecule has 3 atom stereocenters. The van der Waals surface area contributed by atoms with Gasteiger partial charge in [0.25, 0.3) is 5.91 Å². The summed E-state index contributed by atoms with van der Waals surface area (Å²) in [6, 6.07) is 7.71. The lowest BCUT2D eigenvalue weighted by Crippen LogP contribution is -2.36. The molecule has 2 aromatic carbocycles. The third-order valence-corrected chi connectivity index (χ3v) is 6.54. The van der Waals surface area contributed by atoms with Gasteiger partial charge in [0.2, 0.25) is 10.0 Å². The SMILES string of the molecule is CC.CC.CC(Cl)/C=C\C(C)Cl.NS(=O)(=O)c1ccc(C(=O)C[C@]2(O)C(=O)Nc3c(Cl)ccc(Cl)c32)cc1. The van der Waals surface area contributed by atoms with E-state index in [0.29, 0.717) is 0 Å². The van der Waals surface area contributed by atoms with E-state index in [1.165, 1.54) is 36.4 Å². The van der Waals surface area contributed by atoms with Crippen molar-refractivity contribution in [3.05, 3.63) is 69.7 Å². The third-order valence-electron chi connectivity index (χ3n) is 4.69. The predicted octanol–water partition coefficient (Wildman–Crippen LogP) is 6.90. The van der Waals surface area contributed by atoms with Crippen molar-refractivity contribution < 1.29 is 23.1 Å². The van der Waals surface area contributed by atoms with Crippen LogP contribution in [-0.4, -0.2) is 36.0 Å². The summed E-state index contributed by atoms with van der Waals surface area (Å²) in [4.78, 5) is 24.6. The maximum Gasteiger partial charge on any atom is 0.261 e. The summed E-state index contributed by atoms with van der Waals surface area (Å²) >= 11 is 23.3. The summed E-state index contributed by atoms with van der Waals surface area (Å²) < 4.78 is 22.5. The van der Waals surface area contributed by atoms with Crippen molar-refractivity contribution in [2.75, 3.05) is 5.32 Å². The normalized spacial score (nSPS) is 17.4. The highest BCUT2D eigenvalue weighted by Gasteiger charge is 2.49. The molecule has 0 saturated heterocycles. The highest BCUT2D eigenvalue weighted by atomic mass is 35.5. The zero-order valence-corrected chi connectivity index (χ0v) is 25.9. The number of rotatable bonds is 6. The van der Waals surface area contributed by atoms with Crippen molar-refractivity contribution in [1.82, 2.24) is 0 Å². The Morgan fingerprint density at radius 3 is 1.84 bits per heavy atom. The number of amides is 1. The van der Waals surface area contributed by atoms with Crippen LogP contribution in [0.25, 0.3) is 0 Å². The minimum atomic E-state index is -3.90. The highest BCUT2D eigenvalue weighted by Crippen LogP contribution is 2.46. The van der Waals surface area contributed by atoms with Crippen molar-refractivity contribution in [2.24, 2.45) is 5.14 Å². The fourth-order valence-corrected chi connectivity index (χ4v) is 4.25. The Bertz CT molecular complexity index is 1210. The van der Waals surface area contributed by atoms with Crippen LogP contribution in [0.4, 0.5) is 5.69 Å². The maximum absolute atomic E-state index is 12.5. The molecular formula is C26H34Cl4N2O5S. The number of carbonyl (C=O) groups excluding carboxylic acids is 2. The molecule has 2 aromatic rings. The number of benzene rings is 2. The molecule has 7 nitrogen and oxygen atoms in total. The Labute approximate surface area is 245 Å². The van der Waals surface area contributed by atoms with Gasteiger partial charge in [0.05, 0.1) is 22.0 Å². The van der Waals surface area contributed by atoms with Gasteiger partial charge < -0.3 is 10.4 Å². The van der Waals surface area contributed by atoms with E-state index < -0.39 is 33.7 Å². The van der Waals surface area contributed by atoms with Crippen LogP contribution in [0.15, 0.2) is 53.4 Å². The van der Waals surface area contributed by atoms with Crippen LogP contribution in [0.1, 0.15) is 63.9 Å². The van der Waals surface area contributed by atoms with Crippen molar-refractivity contribution in [3.63, 3.8) is 0 Å². The van der Waals surface area contributed by atoms with Gasteiger partial charge in [0.15, 0.2) is 11.4 Å².